The van der Waals surface area contributed by atoms with E-state index < -0.39 is 0 Å². The van der Waals surface area contributed by atoms with Crippen molar-refractivity contribution in [3.63, 3.8) is 0 Å². The molecule has 0 aromatic rings. The number of hydrogen-bond donors (Lipinski definition) is 0. The van der Waals surface area contributed by atoms with E-state index in [2.05, 4.69) is 19.3 Å². The van der Waals surface area contributed by atoms with Gasteiger partial charge in [0.2, 0.25) is 0 Å². The quantitative estimate of drug-likeness (QED) is 0.599. The highest BCUT2D eigenvalue weighted by molar-refractivity contribution is 7.98. The zero-order valence-corrected chi connectivity index (χ0v) is 16.5. The third kappa shape index (κ3) is 2.31. The lowest BCUT2D eigenvalue weighted by Gasteiger charge is -2.58. The molecule has 3 saturated carbocycles. The van der Waals surface area contributed by atoms with Crippen LogP contribution in [0.25, 0.3) is 0 Å². The van der Waals surface area contributed by atoms with Gasteiger partial charge in [-0.1, -0.05) is 30.2 Å². The second-order valence-corrected chi connectivity index (χ2v) is 9.86. The van der Waals surface area contributed by atoms with Crippen LogP contribution in [0.15, 0.2) is 22.8 Å². The zero-order valence-electron chi connectivity index (χ0n) is 14.9. The van der Waals surface area contributed by atoms with Crippen molar-refractivity contribution < 1.29 is 4.79 Å². The monoisotopic (exact) mass is 364 g/mol. The summed E-state index contributed by atoms with van der Waals surface area (Å²) in [5, 5.41) is 0. The maximum atomic E-state index is 12.5. The summed E-state index contributed by atoms with van der Waals surface area (Å²) in [4.78, 5) is 12.5. The van der Waals surface area contributed by atoms with Gasteiger partial charge in [0, 0.05) is 28.5 Å². The van der Waals surface area contributed by atoms with Crippen molar-refractivity contribution in [2.24, 2.45) is 28.6 Å². The van der Waals surface area contributed by atoms with E-state index in [0.29, 0.717) is 17.1 Å². The topological polar surface area (TPSA) is 17.1 Å². The van der Waals surface area contributed by atoms with Gasteiger partial charge in [-0.05, 0) is 74.5 Å². The Morgan fingerprint density at radius 2 is 2.04 bits per heavy atom. The van der Waals surface area contributed by atoms with Crippen LogP contribution in [0.1, 0.15) is 58.3 Å². The molecular weight excluding hydrogens is 336 g/mol. The van der Waals surface area contributed by atoms with E-state index in [1.165, 1.54) is 37.0 Å². The second kappa shape index (κ2) is 6.20. The maximum Gasteiger partial charge on any atom is 0.139 e. The SMILES string of the molecule is CSC[C@]12CCC(=CCl)C=C1CC[C@@H]1[C@H]2CC[C@]2(C)C(=O)CC[C@@H]12. The van der Waals surface area contributed by atoms with Gasteiger partial charge in [0.1, 0.15) is 5.78 Å². The molecule has 3 heteroatoms. The Morgan fingerprint density at radius 3 is 2.79 bits per heavy atom. The molecule has 4 aliphatic rings. The number of carbonyl (C=O) groups is 1. The molecule has 0 radical (unpaired) electrons. The smallest absolute Gasteiger partial charge is 0.139 e. The number of thioether (sulfide) groups is 1. The van der Waals surface area contributed by atoms with Crippen LogP contribution in [0.4, 0.5) is 0 Å². The van der Waals surface area contributed by atoms with Crippen LogP contribution < -0.4 is 0 Å². The lowest BCUT2D eigenvalue weighted by Crippen LogP contribution is -2.52. The molecule has 0 saturated heterocycles. The molecular formula is C21H29ClOS. The molecule has 1 nitrogen and oxygen atoms in total. The van der Waals surface area contributed by atoms with Crippen LogP contribution in [0.3, 0.4) is 0 Å². The zero-order chi connectivity index (χ0) is 16.9. The first-order valence-corrected chi connectivity index (χ1v) is 11.4. The molecule has 0 amide bonds. The lowest BCUT2D eigenvalue weighted by molar-refractivity contribution is -0.132. The normalized spacial score (nSPS) is 46.3. The first-order valence-electron chi connectivity index (χ1n) is 9.58. The van der Waals surface area contributed by atoms with Crippen LogP contribution >= 0.6 is 23.4 Å². The number of halogens is 1. The number of fused-ring (bicyclic) bond motifs is 5. The molecule has 132 valence electrons. The highest BCUT2D eigenvalue weighted by atomic mass is 35.5. The summed E-state index contributed by atoms with van der Waals surface area (Å²) in [5.41, 5.74) is 5.15. The molecule has 0 unspecified atom stereocenters. The average molecular weight is 365 g/mol. The van der Waals surface area contributed by atoms with Gasteiger partial charge in [-0.25, -0.2) is 0 Å². The molecule has 0 heterocycles. The largest absolute Gasteiger partial charge is 0.299 e. The van der Waals surface area contributed by atoms with Gasteiger partial charge in [0.05, 0.1) is 0 Å². The molecule has 4 rings (SSSR count). The average Bonchev–Trinajstić information content (AvgIpc) is 2.90. The minimum Gasteiger partial charge on any atom is -0.299 e. The summed E-state index contributed by atoms with van der Waals surface area (Å²) >= 11 is 8.04. The van der Waals surface area contributed by atoms with Gasteiger partial charge >= 0.3 is 0 Å². The van der Waals surface area contributed by atoms with Crippen LogP contribution in [0.2, 0.25) is 0 Å². The number of allylic oxidation sites excluding steroid dienone is 3. The molecule has 0 aromatic carbocycles. The minimum absolute atomic E-state index is 0.00119. The number of rotatable bonds is 2. The summed E-state index contributed by atoms with van der Waals surface area (Å²) < 4.78 is 0. The first kappa shape index (κ1) is 17.2. The van der Waals surface area contributed by atoms with E-state index in [1.807, 2.05) is 11.8 Å². The molecule has 0 bridgehead atoms. The maximum absolute atomic E-state index is 12.5. The van der Waals surface area contributed by atoms with E-state index in [0.717, 1.165) is 37.5 Å². The Morgan fingerprint density at radius 1 is 1.21 bits per heavy atom. The minimum atomic E-state index is -0.00119. The predicted octanol–water partition coefficient (Wildman–Crippen LogP) is 5.98. The summed E-state index contributed by atoms with van der Waals surface area (Å²) in [7, 11) is 0. The van der Waals surface area contributed by atoms with Crippen LogP contribution in [0, 0.1) is 28.6 Å². The van der Waals surface area contributed by atoms with Crippen molar-refractivity contribution in [3.8, 4) is 0 Å². The van der Waals surface area contributed by atoms with Crippen molar-refractivity contribution in [2.45, 2.75) is 58.3 Å². The summed E-state index contributed by atoms with van der Waals surface area (Å²) in [6.45, 7) is 2.28. The van der Waals surface area contributed by atoms with Gasteiger partial charge in [-0.2, -0.15) is 11.8 Å². The lowest BCUT2D eigenvalue weighted by atomic mass is 9.47. The van der Waals surface area contributed by atoms with Crippen LogP contribution in [-0.4, -0.2) is 17.8 Å². The standard InChI is InChI=1S/C21H29ClOS/c1-20-9-8-18-16(17(20)5-6-19(20)23)4-3-15-11-14(12-22)7-10-21(15,18)13-24-2/h11-12,16-18H,3-10,13H2,1-2H3/t16-,17-,18+,20-,21+/m0/s1. The van der Waals surface area contributed by atoms with Gasteiger partial charge in [-0.15, -0.1) is 0 Å². The Labute approximate surface area is 155 Å². The van der Waals surface area contributed by atoms with Crippen molar-refractivity contribution in [2.75, 3.05) is 12.0 Å². The highest BCUT2D eigenvalue weighted by Gasteiger charge is 2.59. The van der Waals surface area contributed by atoms with Crippen molar-refractivity contribution in [3.05, 3.63) is 22.8 Å². The first-order chi connectivity index (χ1) is 11.5. The molecule has 5 atom stereocenters. The van der Waals surface area contributed by atoms with Gasteiger partial charge in [0.25, 0.3) is 0 Å². The molecule has 4 aliphatic carbocycles. The van der Waals surface area contributed by atoms with E-state index in [1.54, 1.807) is 11.1 Å². The van der Waals surface area contributed by atoms with E-state index in [4.69, 9.17) is 11.6 Å². The molecule has 0 N–H and O–H groups in total. The predicted molar refractivity (Wildman–Crippen MR) is 103 cm³/mol. The fourth-order valence-electron chi connectivity index (χ4n) is 6.80. The highest BCUT2D eigenvalue weighted by Crippen LogP contribution is 2.65. The third-order valence-corrected chi connectivity index (χ3v) is 9.09. The molecule has 3 fully saturated rings. The third-order valence-electron chi connectivity index (χ3n) is 8.00. The summed E-state index contributed by atoms with van der Waals surface area (Å²) in [6, 6.07) is 0. The fourth-order valence-corrected chi connectivity index (χ4v) is 8.03. The molecule has 0 spiro atoms. The molecule has 24 heavy (non-hydrogen) atoms. The Balaban J connectivity index is 1.72. The van der Waals surface area contributed by atoms with E-state index in [-0.39, 0.29) is 5.41 Å². The van der Waals surface area contributed by atoms with Gasteiger partial charge in [0.15, 0.2) is 0 Å². The van der Waals surface area contributed by atoms with Gasteiger partial charge < -0.3 is 0 Å². The molecule has 0 aromatic heterocycles. The van der Waals surface area contributed by atoms with Crippen molar-refractivity contribution in [1.82, 2.24) is 0 Å². The van der Waals surface area contributed by atoms with Crippen LogP contribution in [-0.2, 0) is 4.79 Å². The Kier molecular flexibility index (Phi) is 4.44. The fraction of sp³-hybridized carbons (Fsp3) is 0.762. The van der Waals surface area contributed by atoms with Crippen LogP contribution in [0.5, 0.6) is 0 Å². The number of Topliss-reactive ketones (excluding diaryl/α,β-unsaturated/α-hetero) is 1. The van der Waals surface area contributed by atoms with E-state index in [9.17, 15) is 4.79 Å². The Bertz CT molecular complexity index is 609. The molecule has 0 aliphatic heterocycles. The summed E-state index contributed by atoms with van der Waals surface area (Å²) in [5.74, 6) is 4.00. The number of carbonyl (C=O) groups excluding carboxylic acids is 1. The van der Waals surface area contributed by atoms with Crippen molar-refractivity contribution >= 4 is 29.1 Å². The summed E-state index contributed by atoms with van der Waals surface area (Å²) in [6.07, 6.45) is 13.9. The van der Waals surface area contributed by atoms with Gasteiger partial charge in [-0.3, -0.25) is 4.79 Å². The number of ketones is 1. The van der Waals surface area contributed by atoms with Crippen molar-refractivity contribution in [1.29, 1.82) is 0 Å². The number of hydrogen-bond acceptors (Lipinski definition) is 2. The Hall–Kier alpha value is -0.210. The second-order valence-electron chi connectivity index (χ2n) is 8.78. The van der Waals surface area contributed by atoms with E-state index >= 15 is 0 Å².